The summed E-state index contributed by atoms with van der Waals surface area (Å²) in [6.07, 6.45) is 8.79. The van der Waals surface area contributed by atoms with Crippen LogP contribution in [0.2, 0.25) is 0 Å². The van der Waals surface area contributed by atoms with E-state index in [1.54, 1.807) is 6.26 Å². The van der Waals surface area contributed by atoms with Crippen LogP contribution < -0.4 is 10.6 Å². The average molecular weight is 435 g/mol. The first-order valence-electron chi connectivity index (χ1n) is 8.54. The summed E-state index contributed by atoms with van der Waals surface area (Å²) in [7, 11) is 0. The van der Waals surface area contributed by atoms with Crippen LogP contribution in [0.25, 0.3) is 0 Å². The standard InChI is InChI=1S/C17H29N3O2.HI/c1-2-10-18-17(20-12-9-16-7-5-14-22-16)19-11-8-15-6-3-4-13-21-15;/h5,7,14-15H,2-4,6,8-13H2,1H3,(H2,18,19,20);1H. The first-order chi connectivity index (χ1) is 10.9. The maximum atomic E-state index is 5.76. The second-order valence-corrected chi connectivity index (χ2v) is 5.69. The molecule has 0 amide bonds. The van der Waals surface area contributed by atoms with Crippen LogP contribution in [0, 0.1) is 0 Å². The third-order valence-electron chi connectivity index (χ3n) is 3.77. The number of furan rings is 1. The molecule has 0 aromatic carbocycles. The van der Waals surface area contributed by atoms with Crippen molar-refractivity contribution in [3.8, 4) is 0 Å². The fourth-order valence-electron chi connectivity index (χ4n) is 2.54. The van der Waals surface area contributed by atoms with E-state index in [1.807, 2.05) is 12.1 Å². The van der Waals surface area contributed by atoms with E-state index in [2.05, 4.69) is 22.5 Å². The van der Waals surface area contributed by atoms with Gasteiger partial charge in [0.15, 0.2) is 5.96 Å². The van der Waals surface area contributed by atoms with Crippen molar-refractivity contribution < 1.29 is 9.15 Å². The highest BCUT2D eigenvalue weighted by molar-refractivity contribution is 14.0. The zero-order valence-electron chi connectivity index (χ0n) is 14.1. The molecular formula is C17H30IN3O2. The summed E-state index contributed by atoms with van der Waals surface area (Å²) in [4.78, 5) is 4.57. The lowest BCUT2D eigenvalue weighted by molar-refractivity contribution is 0.0122. The highest BCUT2D eigenvalue weighted by Crippen LogP contribution is 2.14. The Morgan fingerprint density at radius 1 is 1.30 bits per heavy atom. The molecule has 1 aliphatic heterocycles. The summed E-state index contributed by atoms with van der Waals surface area (Å²) in [6, 6.07) is 3.92. The van der Waals surface area contributed by atoms with Gasteiger partial charge >= 0.3 is 0 Å². The molecule has 6 heteroatoms. The molecule has 1 unspecified atom stereocenters. The lowest BCUT2D eigenvalue weighted by atomic mass is 10.1. The molecule has 0 radical (unpaired) electrons. The van der Waals surface area contributed by atoms with Crippen molar-refractivity contribution in [1.82, 2.24) is 10.6 Å². The van der Waals surface area contributed by atoms with Crippen LogP contribution in [-0.4, -0.2) is 38.3 Å². The Bertz CT molecular complexity index is 417. The predicted molar refractivity (Wildman–Crippen MR) is 105 cm³/mol. The second kappa shape index (κ2) is 12.6. The Morgan fingerprint density at radius 3 is 2.87 bits per heavy atom. The topological polar surface area (TPSA) is 58.8 Å². The zero-order valence-corrected chi connectivity index (χ0v) is 16.4. The molecule has 0 saturated carbocycles. The van der Waals surface area contributed by atoms with Crippen molar-refractivity contribution in [3.05, 3.63) is 24.2 Å². The van der Waals surface area contributed by atoms with Crippen molar-refractivity contribution in [2.24, 2.45) is 4.99 Å². The van der Waals surface area contributed by atoms with Crippen LogP contribution in [0.1, 0.15) is 44.8 Å². The highest BCUT2D eigenvalue weighted by atomic mass is 127. The minimum absolute atomic E-state index is 0. The van der Waals surface area contributed by atoms with Gasteiger partial charge in [-0.1, -0.05) is 6.92 Å². The molecular weight excluding hydrogens is 405 g/mol. The number of hydrogen-bond donors (Lipinski definition) is 2. The fraction of sp³-hybridized carbons (Fsp3) is 0.706. The third-order valence-corrected chi connectivity index (χ3v) is 3.77. The number of hydrogen-bond acceptors (Lipinski definition) is 3. The molecule has 1 aromatic heterocycles. The van der Waals surface area contributed by atoms with Crippen LogP contribution >= 0.6 is 24.0 Å². The summed E-state index contributed by atoms with van der Waals surface area (Å²) in [5.41, 5.74) is 0. The molecule has 0 spiro atoms. The number of ether oxygens (including phenoxy) is 1. The van der Waals surface area contributed by atoms with Crippen LogP contribution in [0.3, 0.4) is 0 Å². The zero-order chi connectivity index (χ0) is 15.5. The molecule has 1 fully saturated rings. The van der Waals surface area contributed by atoms with Gasteiger partial charge in [0.25, 0.3) is 0 Å². The Kier molecular flexibility index (Phi) is 11.1. The Balaban J connectivity index is 0.00000264. The van der Waals surface area contributed by atoms with Crippen molar-refractivity contribution in [2.45, 2.75) is 51.6 Å². The molecule has 2 N–H and O–H groups in total. The van der Waals surface area contributed by atoms with Crippen molar-refractivity contribution in [2.75, 3.05) is 26.2 Å². The van der Waals surface area contributed by atoms with Gasteiger partial charge in [0, 0.05) is 32.7 Å². The van der Waals surface area contributed by atoms with Gasteiger partial charge in [-0.15, -0.1) is 24.0 Å². The van der Waals surface area contributed by atoms with Gasteiger partial charge in [0.1, 0.15) is 5.76 Å². The maximum absolute atomic E-state index is 5.76. The molecule has 2 heterocycles. The fourth-order valence-corrected chi connectivity index (χ4v) is 2.54. The van der Waals surface area contributed by atoms with Gasteiger partial charge in [0.2, 0.25) is 0 Å². The van der Waals surface area contributed by atoms with Gasteiger partial charge in [0.05, 0.1) is 12.4 Å². The average Bonchev–Trinajstić information content (AvgIpc) is 3.06. The molecule has 5 nitrogen and oxygen atoms in total. The number of halogens is 1. The van der Waals surface area contributed by atoms with Gasteiger partial charge in [-0.05, 0) is 44.2 Å². The molecule has 1 aromatic rings. The molecule has 23 heavy (non-hydrogen) atoms. The summed E-state index contributed by atoms with van der Waals surface area (Å²) < 4.78 is 11.1. The molecule has 1 saturated heterocycles. The van der Waals surface area contributed by atoms with E-state index >= 15 is 0 Å². The summed E-state index contributed by atoms with van der Waals surface area (Å²) in [5.74, 6) is 1.89. The lowest BCUT2D eigenvalue weighted by Gasteiger charge is -2.23. The lowest BCUT2D eigenvalue weighted by Crippen LogP contribution is -2.40. The van der Waals surface area contributed by atoms with E-state index in [4.69, 9.17) is 9.15 Å². The largest absolute Gasteiger partial charge is 0.469 e. The van der Waals surface area contributed by atoms with Crippen LogP contribution in [0.5, 0.6) is 0 Å². The number of aliphatic imine (C=N–C) groups is 1. The van der Waals surface area contributed by atoms with Crippen LogP contribution in [-0.2, 0) is 11.2 Å². The van der Waals surface area contributed by atoms with Crippen LogP contribution in [0.4, 0.5) is 0 Å². The number of nitrogens with zero attached hydrogens (tertiary/aromatic N) is 1. The van der Waals surface area contributed by atoms with Gasteiger partial charge in [-0.3, -0.25) is 4.99 Å². The highest BCUT2D eigenvalue weighted by Gasteiger charge is 2.13. The molecule has 1 aliphatic rings. The molecule has 2 rings (SSSR count). The Hall–Kier alpha value is -0.760. The minimum atomic E-state index is 0. The van der Waals surface area contributed by atoms with E-state index in [-0.39, 0.29) is 24.0 Å². The second-order valence-electron chi connectivity index (χ2n) is 5.69. The van der Waals surface area contributed by atoms with Gasteiger partial charge in [-0.25, -0.2) is 0 Å². The normalized spacial score (nSPS) is 18.3. The van der Waals surface area contributed by atoms with Gasteiger partial charge in [-0.2, -0.15) is 0 Å². The van der Waals surface area contributed by atoms with Crippen molar-refractivity contribution in [1.29, 1.82) is 0 Å². The summed E-state index contributed by atoms with van der Waals surface area (Å²) >= 11 is 0. The predicted octanol–water partition coefficient (Wildman–Crippen LogP) is 3.34. The first kappa shape index (κ1) is 20.3. The third kappa shape index (κ3) is 8.60. The quantitative estimate of drug-likeness (QED) is 0.374. The minimum Gasteiger partial charge on any atom is -0.469 e. The van der Waals surface area contributed by atoms with Crippen molar-refractivity contribution in [3.63, 3.8) is 0 Å². The Labute approximate surface area is 156 Å². The molecule has 0 bridgehead atoms. The smallest absolute Gasteiger partial charge is 0.191 e. The van der Waals surface area contributed by atoms with Gasteiger partial charge < -0.3 is 19.8 Å². The van der Waals surface area contributed by atoms with Crippen molar-refractivity contribution >= 4 is 29.9 Å². The molecule has 1 atom stereocenters. The van der Waals surface area contributed by atoms with Crippen LogP contribution in [0.15, 0.2) is 27.8 Å². The molecule has 132 valence electrons. The van der Waals surface area contributed by atoms with E-state index < -0.39 is 0 Å². The van der Waals surface area contributed by atoms with E-state index in [9.17, 15) is 0 Å². The summed E-state index contributed by atoms with van der Waals surface area (Å²) in [5, 5.41) is 6.78. The molecule has 0 aliphatic carbocycles. The number of rotatable bonds is 8. The Morgan fingerprint density at radius 2 is 2.17 bits per heavy atom. The number of guanidine groups is 1. The first-order valence-corrected chi connectivity index (χ1v) is 8.54. The summed E-state index contributed by atoms with van der Waals surface area (Å²) in [6.45, 7) is 5.63. The monoisotopic (exact) mass is 435 g/mol. The number of nitrogens with one attached hydrogen (secondary N) is 2. The SMILES string of the molecule is CCCN=C(NCCc1ccco1)NCCC1CCCCO1.I. The van der Waals surface area contributed by atoms with E-state index in [1.165, 1.54) is 19.3 Å². The maximum Gasteiger partial charge on any atom is 0.191 e. The van der Waals surface area contributed by atoms with E-state index in [0.717, 1.165) is 57.2 Å². The van der Waals surface area contributed by atoms with E-state index in [0.29, 0.717) is 6.10 Å².